The Kier molecular flexibility index (Phi) is 3.88. The summed E-state index contributed by atoms with van der Waals surface area (Å²) in [6.07, 6.45) is 7.17. The van der Waals surface area contributed by atoms with E-state index < -0.39 is 0 Å². The Labute approximate surface area is 109 Å². The Morgan fingerprint density at radius 1 is 1.00 bits per heavy atom. The maximum Gasteiger partial charge on any atom is 0.253 e. The maximum absolute atomic E-state index is 11.8. The van der Waals surface area contributed by atoms with Crippen LogP contribution in [0.4, 0.5) is 0 Å². The molecular weight excluding hydrogens is 226 g/mol. The molecule has 2 amide bonds. The van der Waals surface area contributed by atoms with Crippen LogP contribution in [0, 0.1) is 17.8 Å². The van der Waals surface area contributed by atoms with Gasteiger partial charge in [-0.2, -0.15) is 0 Å². The van der Waals surface area contributed by atoms with Crippen molar-refractivity contribution >= 4 is 11.8 Å². The predicted octanol–water partition coefficient (Wildman–Crippen LogP) is 2.76. The SMILES string of the molecule is CC[C@H]1C[C@H](N2C(=O)C=CC2=O)[C@H](CC)[C@H]1CC. The first-order valence-electron chi connectivity index (χ1n) is 7.19. The van der Waals surface area contributed by atoms with Crippen molar-refractivity contribution in [2.75, 3.05) is 0 Å². The van der Waals surface area contributed by atoms with Crippen molar-refractivity contribution in [1.82, 2.24) is 4.90 Å². The Balaban J connectivity index is 2.22. The minimum Gasteiger partial charge on any atom is -0.272 e. The van der Waals surface area contributed by atoms with Crippen molar-refractivity contribution < 1.29 is 9.59 Å². The maximum atomic E-state index is 11.8. The summed E-state index contributed by atoms with van der Waals surface area (Å²) in [5.74, 6) is 1.57. The molecule has 1 saturated carbocycles. The molecule has 0 aromatic heterocycles. The fourth-order valence-corrected chi connectivity index (χ4v) is 4.01. The second kappa shape index (κ2) is 5.25. The molecule has 0 bridgehead atoms. The van der Waals surface area contributed by atoms with E-state index in [2.05, 4.69) is 20.8 Å². The first-order chi connectivity index (χ1) is 8.63. The first kappa shape index (κ1) is 13.3. The summed E-state index contributed by atoms with van der Waals surface area (Å²) < 4.78 is 0. The molecular formula is C15H23NO2. The van der Waals surface area contributed by atoms with E-state index in [0.717, 1.165) is 25.7 Å². The average molecular weight is 249 g/mol. The van der Waals surface area contributed by atoms with Gasteiger partial charge in [0.15, 0.2) is 0 Å². The number of hydrogen-bond donors (Lipinski definition) is 0. The van der Waals surface area contributed by atoms with Gasteiger partial charge in [0.05, 0.1) is 0 Å². The standard InChI is InChI=1S/C15H23NO2/c1-4-10-9-13(12(6-3)11(10)5-2)16-14(17)7-8-15(16)18/h7-8,10-13H,4-6,9H2,1-3H3/t10-,11-,12+,13-/m0/s1. The zero-order valence-corrected chi connectivity index (χ0v) is 11.6. The van der Waals surface area contributed by atoms with E-state index in [1.165, 1.54) is 17.1 Å². The van der Waals surface area contributed by atoms with Crippen LogP contribution in [0.25, 0.3) is 0 Å². The molecule has 2 aliphatic rings. The molecule has 0 spiro atoms. The summed E-state index contributed by atoms with van der Waals surface area (Å²) in [5.41, 5.74) is 0. The molecule has 0 aromatic carbocycles. The molecule has 100 valence electrons. The molecule has 1 fully saturated rings. The van der Waals surface area contributed by atoms with Crippen molar-refractivity contribution in [1.29, 1.82) is 0 Å². The summed E-state index contributed by atoms with van der Waals surface area (Å²) in [5, 5.41) is 0. The molecule has 1 heterocycles. The Morgan fingerprint density at radius 2 is 1.56 bits per heavy atom. The van der Waals surface area contributed by atoms with E-state index in [1.807, 2.05) is 0 Å². The zero-order valence-electron chi connectivity index (χ0n) is 11.6. The summed E-state index contributed by atoms with van der Waals surface area (Å²) >= 11 is 0. The normalized spacial score (nSPS) is 35.8. The van der Waals surface area contributed by atoms with E-state index >= 15 is 0 Å². The largest absolute Gasteiger partial charge is 0.272 e. The molecule has 18 heavy (non-hydrogen) atoms. The third-order valence-corrected chi connectivity index (χ3v) is 4.84. The number of carbonyl (C=O) groups is 2. The Bertz CT molecular complexity index is 357. The van der Waals surface area contributed by atoms with Crippen LogP contribution in [-0.2, 0) is 9.59 Å². The topological polar surface area (TPSA) is 37.4 Å². The minimum atomic E-state index is -0.116. The van der Waals surface area contributed by atoms with E-state index in [1.54, 1.807) is 0 Å². The highest BCUT2D eigenvalue weighted by atomic mass is 16.2. The zero-order chi connectivity index (χ0) is 13.3. The molecule has 2 rings (SSSR count). The van der Waals surface area contributed by atoms with Crippen molar-refractivity contribution in [3.63, 3.8) is 0 Å². The quantitative estimate of drug-likeness (QED) is 0.718. The highest BCUT2D eigenvalue weighted by Gasteiger charge is 2.46. The van der Waals surface area contributed by atoms with E-state index in [0.29, 0.717) is 17.8 Å². The second-order valence-electron chi connectivity index (χ2n) is 5.50. The third kappa shape index (κ3) is 2.00. The number of hydrogen-bond acceptors (Lipinski definition) is 2. The monoisotopic (exact) mass is 249 g/mol. The lowest BCUT2D eigenvalue weighted by molar-refractivity contribution is -0.140. The lowest BCUT2D eigenvalue weighted by Gasteiger charge is -2.29. The van der Waals surface area contributed by atoms with Crippen LogP contribution in [0.3, 0.4) is 0 Å². The Hall–Kier alpha value is -1.12. The average Bonchev–Trinajstić information content (AvgIpc) is 2.88. The van der Waals surface area contributed by atoms with Crippen LogP contribution in [-0.4, -0.2) is 22.8 Å². The summed E-state index contributed by atoms with van der Waals surface area (Å²) in [4.78, 5) is 25.2. The van der Waals surface area contributed by atoms with Gasteiger partial charge in [-0.15, -0.1) is 0 Å². The van der Waals surface area contributed by atoms with Gasteiger partial charge in [-0.25, -0.2) is 0 Å². The molecule has 3 heteroatoms. The van der Waals surface area contributed by atoms with E-state index in [9.17, 15) is 9.59 Å². The minimum absolute atomic E-state index is 0.116. The van der Waals surface area contributed by atoms with Crippen LogP contribution in [0.2, 0.25) is 0 Å². The van der Waals surface area contributed by atoms with Crippen LogP contribution in [0.5, 0.6) is 0 Å². The van der Waals surface area contributed by atoms with Gasteiger partial charge in [-0.05, 0) is 24.2 Å². The molecule has 3 nitrogen and oxygen atoms in total. The molecule has 0 radical (unpaired) electrons. The lowest BCUT2D eigenvalue weighted by atomic mass is 9.84. The fourth-order valence-electron chi connectivity index (χ4n) is 4.01. The smallest absolute Gasteiger partial charge is 0.253 e. The number of rotatable bonds is 4. The van der Waals surface area contributed by atoms with Crippen LogP contribution in [0.1, 0.15) is 46.5 Å². The van der Waals surface area contributed by atoms with Crippen LogP contribution < -0.4 is 0 Å². The predicted molar refractivity (Wildman–Crippen MR) is 70.7 cm³/mol. The van der Waals surface area contributed by atoms with Gasteiger partial charge in [0.2, 0.25) is 0 Å². The highest BCUT2D eigenvalue weighted by Crippen LogP contribution is 2.45. The van der Waals surface area contributed by atoms with Gasteiger partial charge in [0.1, 0.15) is 0 Å². The second-order valence-corrected chi connectivity index (χ2v) is 5.50. The van der Waals surface area contributed by atoms with Crippen molar-refractivity contribution in [2.45, 2.75) is 52.5 Å². The molecule has 4 atom stereocenters. The molecule has 0 aromatic rings. The summed E-state index contributed by atoms with van der Waals surface area (Å²) in [7, 11) is 0. The van der Waals surface area contributed by atoms with Gasteiger partial charge in [-0.1, -0.05) is 40.0 Å². The van der Waals surface area contributed by atoms with Crippen molar-refractivity contribution in [2.24, 2.45) is 17.8 Å². The van der Waals surface area contributed by atoms with Crippen LogP contribution >= 0.6 is 0 Å². The first-order valence-corrected chi connectivity index (χ1v) is 7.19. The van der Waals surface area contributed by atoms with Gasteiger partial charge in [0, 0.05) is 18.2 Å². The van der Waals surface area contributed by atoms with E-state index in [-0.39, 0.29) is 17.9 Å². The van der Waals surface area contributed by atoms with Gasteiger partial charge in [0.25, 0.3) is 11.8 Å². The van der Waals surface area contributed by atoms with Crippen LogP contribution in [0.15, 0.2) is 12.2 Å². The fraction of sp³-hybridized carbons (Fsp3) is 0.733. The lowest BCUT2D eigenvalue weighted by Crippen LogP contribution is -2.42. The Morgan fingerprint density at radius 3 is 2.00 bits per heavy atom. The van der Waals surface area contributed by atoms with Crippen molar-refractivity contribution in [3.8, 4) is 0 Å². The third-order valence-electron chi connectivity index (χ3n) is 4.84. The number of carbonyl (C=O) groups excluding carboxylic acids is 2. The molecule has 1 aliphatic heterocycles. The summed E-state index contributed by atoms with van der Waals surface area (Å²) in [6, 6.07) is 0.125. The summed E-state index contributed by atoms with van der Waals surface area (Å²) in [6.45, 7) is 6.62. The van der Waals surface area contributed by atoms with Gasteiger partial charge < -0.3 is 0 Å². The van der Waals surface area contributed by atoms with Gasteiger partial charge in [-0.3, -0.25) is 14.5 Å². The molecule has 0 unspecified atom stereocenters. The highest BCUT2D eigenvalue weighted by molar-refractivity contribution is 6.13. The molecule has 0 saturated heterocycles. The number of nitrogens with zero attached hydrogens (tertiary/aromatic N) is 1. The number of imide groups is 1. The molecule has 0 N–H and O–H groups in total. The molecule has 1 aliphatic carbocycles. The van der Waals surface area contributed by atoms with E-state index in [4.69, 9.17) is 0 Å². The van der Waals surface area contributed by atoms with Crippen molar-refractivity contribution in [3.05, 3.63) is 12.2 Å². The van der Waals surface area contributed by atoms with Gasteiger partial charge >= 0.3 is 0 Å². The number of amides is 2.